The second-order valence-corrected chi connectivity index (χ2v) is 2.45. The zero-order valence-corrected chi connectivity index (χ0v) is 9.01. The molecule has 2 rings (SSSR count). The Labute approximate surface area is 99.0 Å². The number of rotatable bonds is 2. The van der Waals surface area contributed by atoms with Crippen LogP contribution < -0.4 is 5.43 Å². The third-order valence-corrected chi connectivity index (χ3v) is 1.45. The van der Waals surface area contributed by atoms with Crippen molar-refractivity contribution in [3.63, 3.8) is 0 Å². The van der Waals surface area contributed by atoms with Gasteiger partial charge in [0, 0.05) is 0 Å². The quantitative estimate of drug-likeness (QED) is 0.289. The Balaban J connectivity index is 0.000000280. The predicted octanol–water partition coefficient (Wildman–Crippen LogP) is 2.47. The number of nitrogens with one attached hydrogen (secondary N) is 1. The first kappa shape index (κ1) is 13.4. The zero-order chi connectivity index (χ0) is 10.1. The molecule has 0 aliphatic carbocycles. The number of hydrogen-bond acceptors (Lipinski definition) is 3. The molecule has 3 nitrogen and oxygen atoms in total. The van der Waals surface area contributed by atoms with Gasteiger partial charge in [0.1, 0.15) is 0 Å². The Hall–Kier alpha value is -1.60. The smallest absolute Gasteiger partial charge is 0.321 e. The molecule has 0 aliphatic heterocycles. The summed E-state index contributed by atoms with van der Waals surface area (Å²) in [5.74, 6) is 0. The third kappa shape index (κ3) is 6.47. The molecule has 0 fully saturated rings. The molecule has 15 heavy (non-hydrogen) atoms. The van der Waals surface area contributed by atoms with Gasteiger partial charge in [0.15, 0.2) is 0 Å². The Kier molecular flexibility index (Phi) is 8.02. The van der Waals surface area contributed by atoms with Gasteiger partial charge in [-0.25, -0.2) is 29.1 Å². The van der Waals surface area contributed by atoms with Crippen LogP contribution in [0.5, 0.6) is 0 Å². The molecule has 0 saturated carbocycles. The van der Waals surface area contributed by atoms with Crippen molar-refractivity contribution in [2.75, 3.05) is 5.43 Å². The van der Waals surface area contributed by atoms with Crippen molar-refractivity contribution >= 4 is 11.8 Å². The van der Waals surface area contributed by atoms with Crippen molar-refractivity contribution in [1.82, 2.24) is 0 Å². The largest absolute Gasteiger partial charge is 2.00 e. The fraction of sp³-hybridized carbons (Fsp3) is 0. The minimum absolute atomic E-state index is 0. The summed E-state index contributed by atoms with van der Waals surface area (Å²) in [6, 6.07) is 17.3. The molecule has 0 atom stereocenters. The normalized spacial score (nSPS) is 7.47. The molecule has 0 saturated heterocycles. The van der Waals surface area contributed by atoms with E-state index in [0.717, 1.165) is 5.69 Å². The summed E-state index contributed by atoms with van der Waals surface area (Å²) >= 11 is 0. The molecule has 0 bridgehead atoms. The maximum atomic E-state index is 9.55. The van der Waals surface area contributed by atoms with E-state index in [1.807, 2.05) is 42.5 Å². The van der Waals surface area contributed by atoms with Crippen molar-refractivity contribution < 1.29 is 21.9 Å². The molecule has 4 heteroatoms. The molecule has 0 radical (unpaired) electrons. The van der Waals surface area contributed by atoms with Gasteiger partial charge in [0.25, 0.3) is 6.08 Å². The van der Waals surface area contributed by atoms with Crippen LogP contribution >= 0.6 is 0 Å². The summed E-state index contributed by atoms with van der Waals surface area (Å²) < 4.78 is 0. The first-order valence-corrected chi connectivity index (χ1v) is 4.15. The second kappa shape index (κ2) is 8.97. The SMILES string of the molecule is O=C=NN[c-]1cccc1.[Fe+2].c1cc[cH-]c1. The Morgan fingerprint density at radius 3 is 2.13 bits per heavy atom. The Morgan fingerprint density at radius 1 is 1.13 bits per heavy atom. The maximum Gasteiger partial charge on any atom is 2.00 e. The first-order chi connectivity index (χ1) is 6.93. The molecule has 1 N–H and O–H groups in total. The van der Waals surface area contributed by atoms with Crippen molar-refractivity contribution in [2.24, 2.45) is 5.10 Å². The van der Waals surface area contributed by atoms with Crippen LogP contribution in [0.1, 0.15) is 0 Å². The molecular formula is C11H10FeN2O. The van der Waals surface area contributed by atoms with Crippen LogP contribution in [0.3, 0.4) is 0 Å². The molecule has 0 aromatic heterocycles. The number of nitrogens with zero attached hydrogens (tertiary/aromatic N) is 1. The predicted molar refractivity (Wildman–Crippen MR) is 55.8 cm³/mol. The van der Waals surface area contributed by atoms with Gasteiger partial charge >= 0.3 is 17.1 Å². The fourth-order valence-corrected chi connectivity index (χ4v) is 0.857. The van der Waals surface area contributed by atoms with Crippen LogP contribution in [-0.2, 0) is 21.9 Å². The van der Waals surface area contributed by atoms with Crippen molar-refractivity contribution in [3.8, 4) is 0 Å². The van der Waals surface area contributed by atoms with Gasteiger partial charge in [-0.1, -0.05) is 5.69 Å². The van der Waals surface area contributed by atoms with Gasteiger partial charge < -0.3 is 5.43 Å². The summed E-state index contributed by atoms with van der Waals surface area (Å²) in [5, 5.41) is 3.16. The molecule has 2 aromatic carbocycles. The number of anilines is 1. The zero-order valence-electron chi connectivity index (χ0n) is 7.91. The van der Waals surface area contributed by atoms with Crippen LogP contribution in [0.25, 0.3) is 0 Å². The van der Waals surface area contributed by atoms with Crippen molar-refractivity contribution in [3.05, 3.63) is 54.6 Å². The molecule has 0 unspecified atom stereocenters. The summed E-state index contributed by atoms with van der Waals surface area (Å²) in [6.45, 7) is 0. The van der Waals surface area contributed by atoms with Crippen LogP contribution in [0.2, 0.25) is 0 Å². The van der Waals surface area contributed by atoms with E-state index in [1.54, 1.807) is 12.1 Å². The molecule has 0 aliphatic rings. The van der Waals surface area contributed by atoms with E-state index in [9.17, 15) is 4.79 Å². The number of hydrogen-bond donors (Lipinski definition) is 1. The van der Waals surface area contributed by atoms with E-state index in [1.165, 1.54) is 6.08 Å². The van der Waals surface area contributed by atoms with Gasteiger partial charge in [-0.2, -0.15) is 30.3 Å². The number of carbonyl (C=O) groups excluding carboxylic acids is 1. The molecular weight excluding hydrogens is 232 g/mol. The number of isocyanates is 1. The molecule has 0 amide bonds. The third-order valence-electron chi connectivity index (χ3n) is 1.45. The van der Waals surface area contributed by atoms with Crippen LogP contribution in [-0.4, -0.2) is 6.08 Å². The minimum Gasteiger partial charge on any atom is -0.321 e. The van der Waals surface area contributed by atoms with Gasteiger partial charge in [-0.05, 0) is 0 Å². The Bertz CT molecular complexity index is 344. The summed E-state index contributed by atoms with van der Waals surface area (Å²) in [6.07, 6.45) is 1.37. The van der Waals surface area contributed by atoms with Crippen LogP contribution in [0, 0.1) is 0 Å². The fourth-order valence-electron chi connectivity index (χ4n) is 0.857. The molecule has 0 heterocycles. The van der Waals surface area contributed by atoms with Gasteiger partial charge in [0.05, 0.1) is 0 Å². The molecule has 0 spiro atoms. The average molecular weight is 242 g/mol. The van der Waals surface area contributed by atoms with E-state index in [0.29, 0.717) is 0 Å². The van der Waals surface area contributed by atoms with E-state index >= 15 is 0 Å². The average Bonchev–Trinajstić information content (AvgIpc) is 2.90. The number of hydrazone groups is 1. The maximum absolute atomic E-state index is 9.55. The Morgan fingerprint density at radius 2 is 1.73 bits per heavy atom. The monoisotopic (exact) mass is 242 g/mol. The molecule has 78 valence electrons. The topological polar surface area (TPSA) is 41.5 Å². The van der Waals surface area contributed by atoms with E-state index in [-0.39, 0.29) is 17.1 Å². The standard InChI is InChI=1S/C6H5N2O.C5H5.Fe/c9-5-7-8-6-3-1-2-4-6;1-2-4-5-3-1;/h1-4,8H;1-5H;/q2*-1;+2. The van der Waals surface area contributed by atoms with Crippen molar-refractivity contribution in [2.45, 2.75) is 0 Å². The van der Waals surface area contributed by atoms with Gasteiger partial charge in [-0.15, -0.1) is 5.10 Å². The van der Waals surface area contributed by atoms with Crippen molar-refractivity contribution in [1.29, 1.82) is 0 Å². The van der Waals surface area contributed by atoms with E-state index in [4.69, 9.17) is 0 Å². The minimum atomic E-state index is 0. The van der Waals surface area contributed by atoms with E-state index < -0.39 is 0 Å². The molecule has 2 aromatic rings. The van der Waals surface area contributed by atoms with Gasteiger partial charge in [0.2, 0.25) is 0 Å². The van der Waals surface area contributed by atoms with E-state index in [2.05, 4.69) is 10.5 Å². The summed E-state index contributed by atoms with van der Waals surface area (Å²) in [5.41, 5.74) is 3.28. The second-order valence-electron chi connectivity index (χ2n) is 2.45. The summed E-state index contributed by atoms with van der Waals surface area (Å²) in [7, 11) is 0. The van der Waals surface area contributed by atoms with Crippen LogP contribution in [0.15, 0.2) is 59.7 Å². The van der Waals surface area contributed by atoms with Gasteiger partial charge in [-0.3, -0.25) is 0 Å². The summed E-state index contributed by atoms with van der Waals surface area (Å²) in [4.78, 5) is 9.55. The van der Waals surface area contributed by atoms with Crippen LogP contribution in [0.4, 0.5) is 5.69 Å². The first-order valence-electron chi connectivity index (χ1n) is 4.15.